The van der Waals surface area contributed by atoms with Crippen LogP contribution in [0.3, 0.4) is 0 Å². The molecular weight excluding hydrogens is 678 g/mol. The first-order chi connectivity index (χ1) is 23.1. The molecule has 1 aromatic carbocycles. The lowest BCUT2D eigenvalue weighted by molar-refractivity contribution is -0.154. The number of fused-ring (bicyclic) bond motifs is 1. The van der Waals surface area contributed by atoms with Crippen LogP contribution in [0.15, 0.2) is 55.6 Å². The molecule has 3 heterocycles. The van der Waals surface area contributed by atoms with Gasteiger partial charge in [0.1, 0.15) is 18.2 Å². The molecule has 8 atom stereocenters. The Kier molecular flexibility index (Phi) is 11.8. The van der Waals surface area contributed by atoms with Gasteiger partial charge in [0.15, 0.2) is 0 Å². The number of aliphatic hydroxyl groups excluding tert-OH is 1. The summed E-state index contributed by atoms with van der Waals surface area (Å²) in [6.07, 6.45) is 8.66. The van der Waals surface area contributed by atoms with Gasteiger partial charge in [0.2, 0.25) is 17.7 Å². The number of nitrogens with one attached hydrogen (secondary N) is 1. The van der Waals surface area contributed by atoms with Gasteiger partial charge in [-0.15, -0.1) is 13.2 Å². The molecule has 3 saturated heterocycles. The Labute approximate surface area is 292 Å². The number of amides is 3. The molecular formula is C37H50BrN3O7. The van der Waals surface area contributed by atoms with Gasteiger partial charge in [0.25, 0.3) is 0 Å². The van der Waals surface area contributed by atoms with Crippen molar-refractivity contribution < 1.29 is 33.8 Å². The van der Waals surface area contributed by atoms with Crippen molar-refractivity contribution in [1.82, 2.24) is 15.1 Å². The summed E-state index contributed by atoms with van der Waals surface area (Å²) in [5, 5.41) is 13.7. The van der Waals surface area contributed by atoms with Crippen LogP contribution in [0.4, 0.5) is 0 Å². The van der Waals surface area contributed by atoms with E-state index in [0.717, 1.165) is 37.7 Å². The third kappa shape index (κ3) is 6.87. The highest BCUT2D eigenvalue weighted by atomic mass is 79.9. The maximum atomic E-state index is 14.9. The van der Waals surface area contributed by atoms with E-state index in [4.69, 9.17) is 9.47 Å². The summed E-state index contributed by atoms with van der Waals surface area (Å²) in [6, 6.07) is 6.94. The average Bonchev–Trinajstić information content (AvgIpc) is 3.68. The molecule has 1 spiro atoms. The molecule has 2 N–H and O–H groups in total. The first kappa shape index (κ1) is 36.3. The zero-order valence-corrected chi connectivity index (χ0v) is 29.7. The number of allylic oxidation sites excluding steroid dienone is 1. The maximum Gasteiger partial charge on any atom is 0.306 e. The van der Waals surface area contributed by atoms with Crippen LogP contribution in [0.5, 0.6) is 0 Å². The lowest BCUT2D eigenvalue weighted by atomic mass is 9.70. The molecule has 10 nitrogen and oxygen atoms in total. The first-order valence-corrected chi connectivity index (χ1v) is 18.3. The molecule has 1 saturated carbocycles. The lowest BCUT2D eigenvalue weighted by Crippen LogP contribution is -2.61. The molecule has 1 unspecified atom stereocenters. The van der Waals surface area contributed by atoms with E-state index in [-0.39, 0.29) is 48.2 Å². The van der Waals surface area contributed by atoms with Crippen LogP contribution in [0.2, 0.25) is 0 Å². The first-order valence-electron chi connectivity index (χ1n) is 17.4. The third-order valence-corrected chi connectivity index (χ3v) is 11.5. The van der Waals surface area contributed by atoms with Crippen molar-refractivity contribution >= 4 is 39.6 Å². The Bertz CT molecular complexity index is 1350. The van der Waals surface area contributed by atoms with Gasteiger partial charge in [0.05, 0.1) is 36.6 Å². The van der Waals surface area contributed by atoms with Crippen LogP contribution >= 0.6 is 15.9 Å². The molecule has 48 heavy (non-hydrogen) atoms. The van der Waals surface area contributed by atoms with Crippen molar-refractivity contribution in [3.05, 3.63) is 61.2 Å². The van der Waals surface area contributed by atoms with Crippen LogP contribution in [-0.4, -0.2) is 93.0 Å². The Balaban J connectivity index is 1.49. The Morgan fingerprint density at radius 1 is 1.17 bits per heavy atom. The maximum absolute atomic E-state index is 14.9. The van der Waals surface area contributed by atoms with Gasteiger partial charge in [-0.2, -0.15) is 0 Å². The van der Waals surface area contributed by atoms with Gasteiger partial charge in [0, 0.05) is 23.8 Å². The number of rotatable bonds is 15. The molecule has 1 aromatic rings. The van der Waals surface area contributed by atoms with Crippen molar-refractivity contribution in [1.29, 1.82) is 0 Å². The molecule has 4 aliphatic rings. The number of benzene rings is 1. The number of carbonyl (C=O) groups is 4. The Morgan fingerprint density at radius 2 is 1.88 bits per heavy atom. The zero-order chi connectivity index (χ0) is 34.6. The van der Waals surface area contributed by atoms with E-state index in [9.17, 15) is 24.3 Å². The summed E-state index contributed by atoms with van der Waals surface area (Å²) in [7, 11) is 0. The van der Waals surface area contributed by atoms with E-state index in [1.807, 2.05) is 49.1 Å². The molecule has 1 aliphatic carbocycles. The fourth-order valence-electron chi connectivity index (χ4n) is 8.37. The number of esters is 1. The topological polar surface area (TPSA) is 125 Å². The molecule has 2 bridgehead atoms. The fourth-order valence-corrected chi connectivity index (χ4v) is 9.32. The molecule has 0 aromatic heterocycles. The fraction of sp³-hybridized carbons (Fsp3) is 0.622. The number of hydrogen-bond donors (Lipinski definition) is 2. The molecule has 5 rings (SSSR count). The van der Waals surface area contributed by atoms with Crippen molar-refractivity contribution in [3.63, 3.8) is 0 Å². The van der Waals surface area contributed by atoms with E-state index < -0.39 is 53.5 Å². The molecule has 262 valence electrons. The van der Waals surface area contributed by atoms with Gasteiger partial charge in [-0.25, -0.2) is 0 Å². The quantitative estimate of drug-likeness (QED) is 0.155. The summed E-state index contributed by atoms with van der Waals surface area (Å²) in [5.41, 5.74) is -0.512. The normalized spacial score (nSPS) is 29.3. The lowest BCUT2D eigenvalue weighted by Gasteiger charge is -2.43. The summed E-state index contributed by atoms with van der Waals surface area (Å²) < 4.78 is 12.3. The largest absolute Gasteiger partial charge is 0.463 e. The Morgan fingerprint density at radius 3 is 2.50 bits per heavy atom. The number of aliphatic hydroxyl groups is 1. The molecule has 4 fully saturated rings. The average molecular weight is 729 g/mol. The highest BCUT2D eigenvalue weighted by molar-refractivity contribution is 9.09. The second-order valence-electron chi connectivity index (χ2n) is 14.0. The van der Waals surface area contributed by atoms with Gasteiger partial charge in [-0.05, 0) is 37.2 Å². The highest BCUT2D eigenvalue weighted by Gasteiger charge is 2.77. The van der Waals surface area contributed by atoms with Crippen LogP contribution in [0.25, 0.3) is 0 Å². The standard InChI is InChI=1S/C37H50BrN3O7/c1-5-7-18-29(43)47-22-27(24-14-10-8-11-15-24)39-34(44)30-31-35(45)41(28(21-42)23(3)4)33(37(31)20-26(38)32(30)48-37)36(46)40(19-6-2)25-16-12-9-13-17-25/h5-6,8,10-11,14-15,23,25-28,30-33,42H,1-2,7,9,12-13,16-22H2,3-4H3,(H,39,44)/t26?,27-,28-,30-,31+,32-,33-,37+/m0/s1. The number of hydrogen-bond acceptors (Lipinski definition) is 7. The minimum atomic E-state index is -1.26. The number of ether oxygens (including phenoxy) is 2. The summed E-state index contributed by atoms with van der Waals surface area (Å²) >= 11 is 3.76. The number of carbonyl (C=O) groups excluding carboxylic acids is 4. The Hall–Kier alpha value is -3.02. The van der Waals surface area contributed by atoms with Gasteiger partial charge < -0.3 is 29.7 Å². The predicted molar refractivity (Wildman–Crippen MR) is 185 cm³/mol. The van der Waals surface area contributed by atoms with Crippen LogP contribution in [0, 0.1) is 17.8 Å². The van der Waals surface area contributed by atoms with E-state index >= 15 is 0 Å². The van der Waals surface area contributed by atoms with Gasteiger partial charge >= 0.3 is 5.97 Å². The zero-order valence-electron chi connectivity index (χ0n) is 28.1. The smallest absolute Gasteiger partial charge is 0.306 e. The molecule has 3 aliphatic heterocycles. The molecule has 0 radical (unpaired) electrons. The van der Waals surface area contributed by atoms with E-state index in [1.54, 1.807) is 17.1 Å². The SMILES string of the molecule is C=CCCC(=O)OC[C@H](NC(=O)[C@@H]1[C@H]2O[C@@]3(CC2Br)[C@H](C(=O)N(CC=C)C2CCCCC2)N([C@@H](CO)C(C)C)C(=O)[C@@H]13)c1ccccc1. The summed E-state index contributed by atoms with van der Waals surface area (Å²) in [4.78, 5) is 59.5. The second kappa shape index (κ2) is 15.7. The third-order valence-electron chi connectivity index (χ3n) is 10.7. The van der Waals surface area contributed by atoms with Crippen LogP contribution in [0.1, 0.15) is 76.8 Å². The molecule has 3 amide bonds. The van der Waals surface area contributed by atoms with Crippen molar-refractivity contribution in [2.24, 2.45) is 17.8 Å². The van der Waals surface area contributed by atoms with Crippen molar-refractivity contribution in [3.8, 4) is 0 Å². The van der Waals surface area contributed by atoms with Gasteiger partial charge in [-0.3, -0.25) is 19.2 Å². The van der Waals surface area contributed by atoms with Crippen molar-refractivity contribution in [2.45, 2.75) is 106 Å². The molecule has 11 heteroatoms. The minimum absolute atomic E-state index is 0.0153. The van der Waals surface area contributed by atoms with Crippen LogP contribution in [-0.2, 0) is 28.7 Å². The monoisotopic (exact) mass is 727 g/mol. The number of likely N-dealkylation sites (tertiary alicyclic amines) is 1. The number of halogens is 1. The van der Waals surface area contributed by atoms with Crippen LogP contribution < -0.4 is 5.32 Å². The second-order valence-corrected chi connectivity index (χ2v) is 15.1. The summed E-state index contributed by atoms with van der Waals surface area (Å²) in [5.74, 6) is -3.37. The predicted octanol–water partition coefficient (Wildman–Crippen LogP) is 4.47. The van der Waals surface area contributed by atoms with E-state index in [1.165, 1.54) is 0 Å². The van der Waals surface area contributed by atoms with Crippen molar-refractivity contribution in [2.75, 3.05) is 19.8 Å². The van der Waals surface area contributed by atoms with E-state index in [2.05, 4.69) is 34.4 Å². The number of alkyl halides is 1. The van der Waals surface area contributed by atoms with Gasteiger partial charge in [-0.1, -0.05) is 91.5 Å². The highest BCUT2D eigenvalue weighted by Crippen LogP contribution is 2.61. The number of nitrogens with zero attached hydrogens (tertiary/aromatic N) is 2. The minimum Gasteiger partial charge on any atom is -0.463 e. The summed E-state index contributed by atoms with van der Waals surface area (Å²) in [6.45, 7) is 11.3. The van der Waals surface area contributed by atoms with E-state index in [0.29, 0.717) is 19.4 Å².